The lowest BCUT2D eigenvalue weighted by atomic mass is 9.95. The molecule has 0 fully saturated rings. The standard InChI is InChI=1S/C20H22N4O4/c1-20(2,3)18(26)22-12-5-4-6-14(9-12)28-11-17(25)21-13-7-8-15-16(10-13)24-19(27)23-15/h4-10H,11H2,1-3H3,(H,21,25)(H,22,26)(H2,23,24,27). The Hall–Kier alpha value is -3.55. The van der Waals surface area contributed by atoms with Crippen LogP contribution < -0.4 is 21.1 Å². The van der Waals surface area contributed by atoms with Crippen LogP contribution in [0.3, 0.4) is 0 Å². The molecule has 8 heteroatoms. The van der Waals surface area contributed by atoms with Crippen LogP contribution in [0.15, 0.2) is 47.3 Å². The molecule has 0 aliphatic rings. The molecule has 0 radical (unpaired) electrons. The third kappa shape index (κ3) is 4.79. The zero-order valence-electron chi connectivity index (χ0n) is 15.9. The van der Waals surface area contributed by atoms with E-state index in [1.165, 1.54) is 0 Å². The zero-order chi connectivity index (χ0) is 20.3. The Kier molecular flexibility index (Phi) is 5.21. The Morgan fingerprint density at radius 1 is 0.964 bits per heavy atom. The molecule has 0 saturated carbocycles. The molecule has 0 unspecified atom stereocenters. The number of aromatic nitrogens is 2. The third-order valence-electron chi connectivity index (χ3n) is 3.94. The number of aromatic amines is 2. The quantitative estimate of drug-likeness (QED) is 0.543. The molecule has 1 heterocycles. The molecule has 0 spiro atoms. The van der Waals surface area contributed by atoms with Crippen molar-refractivity contribution in [3.63, 3.8) is 0 Å². The van der Waals surface area contributed by atoms with Gasteiger partial charge in [-0.05, 0) is 30.3 Å². The average Bonchev–Trinajstić information content (AvgIpc) is 2.99. The Balaban J connectivity index is 1.58. The summed E-state index contributed by atoms with van der Waals surface area (Å²) >= 11 is 0. The van der Waals surface area contributed by atoms with Crippen molar-refractivity contribution >= 4 is 34.2 Å². The Morgan fingerprint density at radius 3 is 2.43 bits per heavy atom. The summed E-state index contributed by atoms with van der Waals surface area (Å²) in [5, 5.41) is 5.53. The topological polar surface area (TPSA) is 116 Å². The highest BCUT2D eigenvalue weighted by Gasteiger charge is 2.21. The first-order valence-corrected chi connectivity index (χ1v) is 8.77. The van der Waals surface area contributed by atoms with Crippen LogP contribution in [0.25, 0.3) is 11.0 Å². The van der Waals surface area contributed by atoms with Gasteiger partial charge in [0, 0.05) is 22.9 Å². The van der Waals surface area contributed by atoms with Gasteiger partial charge in [0.15, 0.2) is 6.61 Å². The summed E-state index contributed by atoms with van der Waals surface area (Å²) < 4.78 is 5.51. The summed E-state index contributed by atoms with van der Waals surface area (Å²) in [4.78, 5) is 40.8. The van der Waals surface area contributed by atoms with Crippen molar-refractivity contribution in [2.45, 2.75) is 20.8 Å². The van der Waals surface area contributed by atoms with Crippen LogP contribution in [0.4, 0.5) is 11.4 Å². The summed E-state index contributed by atoms with van der Waals surface area (Å²) in [7, 11) is 0. The van der Waals surface area contributed by atoms with Gasteiger partial charge in [-0.3, -0.25) is 9.59 Å². The number of anilines is 2. The van der Waals surface area contributed by atoms with Gasteiger partial charge in [-0.2, -0.15) is 0 Å². The largest absolute Gasteiger partial charge is 0.484 e. The first-order valence-electron chi connectivity index (χ1n) is 8.77. The number of amides is 2. The lowest BCUT2D eigenvalue weighted by Crippen LogP contribution is -2.27. The van der Waals surface area contributed by atoms with Gasteiger partial charge < -0.3 is 25.3 Å². The van der Waals surface area contributed by atoms with Crippen molar-refractivity contribution in [2.24, 2.45) is 5.41 Å². The fourth-order valence-corrected chi connectivity index (χ4v) is 2.44. The second-order valence-electron chi connectivity index (χ2n) is 7.41. The molecule has 0 aliphatic heterocycles. The summed E-state index contributed by atoms with van der Waals surface area (Å²) in [6, 6.07) is 11.9. The van der Waals surface area contributed by atoms with E-state index in [0.29, 0.717) is 28.2 Å². The van der Waals surface area contributed by atoms with Crippen LogP contribution in [0.5, 0.6) is 5.75 Å². The van der Waals surface area contributed by atoms with Gasteiger partial charge in [0.2, 0.25) is 5.91 Å². The highest BCUT2D eigenvalue weighted by molar-refractivity contribution is 5.95. The predicted molar refractivity (Wildman–Crippen MR) is 108 cm³/mol. The number of imidazole rings is 1. The number of ether oxygens (including phenoxy) is 1. The van der Waals surface area contributed by atoms with E-state index in [2.05, 4.69) is 20.6 Å². The number of benzene rings is 2. The third-order valence-corrected chi connectivity index (χ3v) is 3.94. The number of carbonyl (C=O) groups is 2. The molecule has 0 aliphatic carbocycles. The molecule has 0 saturated heterocycles. The number of fused-ring (bicyclic) bond motifs is 1. The zero-order valence-corrected chi connectivity index (χ0v) is 15.9. The normalized spacial score (nSPS) is 11.2. The maximum Gasteiger partial charge on any atom is 0.323 e. The monoisotopic (exact) mass is 382 g/mol. The molecule has 3 rings (SSSR count). The number of carbonyl (C=O) groups excluding carboxylic acids is 2. The van der Waals surface area contributed by atoms with E-state index in [9.17, 15) is 14.4 Å². The lowest BCUT2D eigenvalue weighted by molar-refractivity contribution is -0.123. The van der Waals surface area contributed by atoms with Crippen molar-refractivity contribution in [1.29, 1.82) is 0 Å². The lowest BCUT2D eigenvalue weighted by Gasteiger charge is -2.18. The number of rotatable bonds is 5. The van der Waals surface area contributed by atoms with Gasteiger partial charge in [-0.15, -0.1) is 0 Å². The minimum atomic E-state index is -0.512. The van der Waals surface area contributed by atoms with Crippen molar-refractivity contribution in [2.75, 3.05) is 17.2 Å². The molecular weight excluding hydrogens is 360 g/mol. The fourth-order valence-electron chi connectivity index (χ4n) is 2.44. The number of nitrogens with one attached hydrogen (secondary N) is 4. The maximum atomic E-state index is 12.1. The molecule has 0 atom stereocenters. The van der Waals surface area contributed by atoms with E-state index < -0.39 is 5.41 Å². The van der Waals surface area contributed by atoms with Crippen molar-refractivity contribution in [1.82, 2.24) is 9.97 Å². The van der Waals surface area contributed by atoms with Crippen LogP contribution >= 0.6 is 0 Å². The molecule has 4 N–H and O–H groups in total. The first kappa shape index (κ1) is 19.2. The van der Waals surface area contributed by atoms with Gasteiger partial charge in [0.25, 0.3) is 5.91 Å². The average molecular weight is 382 g/mol. The van der Waals surface area contributed by atoms with Gasteiger partial charge in [0.1, 0.15) is 5.75 Å². The van der Waals surface area contributed by atoms with Crippen LogP contribution in [0.2, 0.25) is 0 Å². The predicted octanol–water partition coefficient (Wildman–Crippen LogP) is 2.86. The SMILES string of the molecule is CC(C)(C)C(=O)Nc1cccc(OCC(=O)Nc2ccc3[nH]c(=O)[nH]c3c2)c1. The molecule has 2 aromatic carbocycles. The van der Waals surface area contributed by atoms with E-state index in [4.69, 9.17) is 4.74 Å². The van der Waals surface area contributed by atoms with Crippen LogP contribution in [0, 0.1) is 5.41 Å². The summed E-state index contributed by atoms with van der Waals surface area (Å²) in [6.07, 6.45) is 0. The van der Waals surface area contributed by atoms with Crippen LogP contribution in [-0.2, 0) is 9.59 Å². The summed E-state index contributed by atoms with van der Waals surface area (Å²) in [5.74, 6) is 0.00854. The Bertz CT molecular complexity index is 1080. The molecule has 0 bridgehead atoms. The number of hydrogen-bond acceptors (Lipinski definition) is 4. The van der Waals surface area contributed by atoms with Crippen molar-refractivity contribution in [3.8, 4) is 5.75 Å². The Morgan fingerprint density at radius 2 is 1.68 bits per heavy atom. The van der Waals surface area contributed by atoms with Gasteiger partial charge in [-0.1, -0.05) is 26.8 Å². The van der Waals surface area contributed by atoms with E-state index in [1.807, 2.05) is 20.8 Å². The van der Waals surface area contributed by atoms with E-state index in [-0.39, 0.29) is 24.1 Å². The molecule has 2 amide bonds. The fraction of sp³-hybridized carbons (Fsp3) is 0.250. The highest BCUT2D eigenvalue weighted by atomic mass is 16.5. The maximum absolute atomic E-state index is 12.1. The van der Waals surface area contributed by atoms with Gasteiger partial charge in [-0.25, -0.2) is 4.79 Å². The second-order valence-corrected chi connectivity index (χ2v) is 7.41. The first-order chi connectivity index (χ1) is 13.2. The van der Waals surface area contributed by atoms with Crippen LogP contribution in [-0.4, -0.2) is 28.4 Å². The number of H-pyrrole nitrogens is 2. The molecular formula is C20H22N4O4. The number of hydrogen-bond donors (Lipinski definition) is 4. The second kappa shape index (κ2) is 7.59. The highest BCUT2D eigenvalue weighted by Crippen LogP contribution is 2.21. The van der Waals surface area contributed by atoms with Gasteiger partial charge in [0.05, 0.1) is 11.0 Å². The smallest absolute Gasteiger partial charge is 0.323 e. The van der Waals surface area contributed by atoms with Crippen molar-refractivity contribution < 1.29 is 14.3 Å². The van der Waals surface area contributed by atoms with Crippen molar-refractivity contribution in [3.05, 3.63) is 52.9 Å². The molecule has 28 heavy (non-hydrogen) atoms. The Labute approximate surface area is 161 Å². The van der Waals surface area contributed by atoms with Gasteiger partial charge >= 0.3 is 5.69 Å². The van der Waals surface area contributed by atoms with E-state index in [1.54, 1.807) is 42.5 Å². The summed E-state index contributed by atoms with van der Waals surface area (Å²) in [6.45, 7) is 5.28. The van der Waals surface area contributed by atoms with E-state index >= 15 is 0 Å². The van der Waals surface area contributed by atoms with Crippen LogP contribution in [0.1, 0.15) is 20.8 Å². The van der Waals surface area contributed by atoms with E-state index in [0.717, 1.165) is 0 Å². The molecule has 1 aromatic heterocycles. The molecule has 8 nitrogen and oxygen atoms in total. The summed E-state index contributed by atoms with van der Waals surface area (Å²) in [5.41, 5.74) is 1.59. The minimum absolute atomic E-state index is 0.111. The minimum Gasteiger partial charge on any atom is -0.484 e. The molecule has 3 aromatic rings. The molecule has 146 valence electrons.